The molecule has 2 aromatic rings. The third-order valence-electron chi connectivity index (χ3n) is 7.72. The predicted octanol–water partition coefficient (Wildman–Crippen LogP) is 4.85. The summed E-state index contributed by atoms with van der Waals surface area (Å²) < 4.78 is 10.7. The number of thioether (sulfide) groups is 1. The van der Waals surface area contributed by atoms with Gasteiger partial charge in [0.2, 0.25) is 0 Å². The lowest BCUT2D eigenvalue weighted by molar-refractivity contribution is 0.0931. The summed E-state index contributed by atoms with van der Waals surface area (Å²) in [6.45, 7) is 5.14. The number of aryl methyl sites for hydroxylation is 1. The van der Waals surface area contributed by atoms with Crippen molar-refractivity contribution in [2.75, 3.05) is 25.4 Å². The highest BCUT2D eigenvalue weighted by molar-refractivity contribution is 7.99. The number of nitrogens with zero attached hydrogens (tertiary/aromatic N) is 5. The fourth-order valence-electron chi connectivity index (χ4n) is 5.66. The quantitative estimate of drug-likeness (QED) is 0.531. The van der Waals surface area contributed by atoms with E-state index in [0.29, 0.717) is 12.0 Å². The molecule has 3 fully saturated rings. The summed E-state index contributed by atoms with van der Waals surface area (Å²) in [7, 11) is 2.14. The molecule has 5 rings (SSSR count). The molecule has 7 heteroatoms. The molecular formula is C25H39N5OS. The average molecular weight is 458 g/mol. The molecule has 1 aliphatic carbocycles. The van der Waals surface area contributed by atoms with Crippen molar-refractivity contribution >= 4 is 11.8 Å². The zero-order chi connectivity index (χ0) is 21.8. The maximum atomic E-state index is 6.01. The van der Waals surface area contributed by atoms with Crippen LogP contribution in [0, 0.1) is 5.92 Å². The van der Waals surface area contributed by atoms with Crippen LogP contribution in [0.1, 0.15) is 75.2 Å². The molecular weight excluding hydrogens is 418 g/mol. The molecule has 0 spiro atoms. The first-order valence-electron chi connectivity index (χ1n) is 12.8. The van der Waals surface area contributed by atoms with E-state index >= 15 is 0 Å². The topological polar surface area (TPSA) is 48.1 Å². The molecule has 32 heavy (non-hydrogen) atoms. The molecule has 0 aromatic carbocycles. The lowest BCUT2D eigenvalue weighted by Gasteiger charge is -2.32. The van der Waals surface area contributed by atoms with Crippen LogP contribution >= 0.6 is 11.8 Å². The largest absolute Gasteiger partial charge is 0.376 e. The van der Waals surface area contributed by atoms with Crippen LogP contribution in [0.25, 0.3) is 0 Å². The van der Waals surface area contributed by atoms with E-state index in [4.69, 9.17) is 14.9 Å². The van der Waals surface area contributed by atoms with Gasteiger partial charge < -0.3 is 13.9 Å². The molecule has 0 bridgehead atoms. The van der Waals surface area contributed by atoms with Crippen molar-refractivity contribution in [1.82, 2.24) is 24.2 Å². The minimum Gasteiger partial charge on any atom is -0.376 e. The van der Waals surface area contributed by atoms with E-state index in [9.17, 15) is 0 Å². The van der Waals surface area contributed by atoms with Crippen LogP contribution in [0.3, 0.4) is 0 Å². The highest BCUT2D eigenvalue weighted by Gasteiger charge is 2.29. The van der Waals surface area contributed by atoms with Gasteiger partial charge in [0.1, 0.15) is 5.82 Å². The zero-order valence-corrected chi connectivity index (χ0v) is 20.4. The number of likely N-dealkylation sites (tertiary alicyclic amines) is 1. The number of aromatic nitrogens is 4. The molecule has 0 unspecified atom stereocenters. The molecule has 0 N–H and O–H groups in total. The molecule has 4 heterocycles. The molecule has 0 radical (unpaired) electrons. The summed E-state index contributed by atoms with van der Waals surface area (Å²) in [5.41, 5.74) is 1.39. The fourth-order valence-corrected chi connectivity index (χ4v) is 6.80. The molecule has 0 amide bonds. The van der Waals surface area contributed by atoms with Crippen LogP contribution in [0.15, 0.2) is 23.5 Å². The van der Waals surface area contributed by atoms with Crippen molar-refractivity contribution in [2.24, 2.45) is 13.0 Å². The Labute approximate surface area is 197 Å². The van der Waals surface area contributed by atoms with Gasteiger partial charge in [-0.25, -0.2) is 0 Å². The van der Waals surface area contributed by atoms with Gasteiger partial charge in [0.15, 0.2) is 5.16 Å². The second-order valence-corrected chi connectivity index (χ2v) is 11.0. The van der Waals surface area contributed by atoms with E-state index in [1.807, 2.05) is 11.8 Å². The second kappa shape index (κ2) is 10.7. The molecule has 176 valence electrons. The van der Waals surface area contributed by atoms with Gasteiger partial charge >= 0.3 is 0 Å². The molecule has 2 saturated heterocycles. The minimum atomic E-state index is 0.330. The molecule has 3 aliphatic rings. The van der Waals surface area contributed by atoms with Gasteiger partial charge in [0, 0.05) is 43.8 Å². The van der Waals surface area contributed by atoms with Crippen LogP contribution in [-0.4, -0.2) is 55.8 Å². The van der Waals surface area contributed by atoms with E-state index in [1.54, 1.807) is 0 Å². The first-order valence-corrected chi connectivity index (χ1v) is 13.7. The lowest BCUT2D eigenvalue weighted by atomic mass is 9.91. The van der Waals surface area contributed by atoms with E-state index < -0.39 is 0 Å². The van der Waals surface area contributed by atoms with Crippen LogP contribution in [-0.2, 0) is 24.9 Å². The van der Waals surface area contributed by atoms with E-state index in [-0.39, 0.29) is 0 Å². The molecule has 6 nitrogen and oxygen atoms in total. The molecule has 2 aromatic heterocycles. The number of rotatable bonds is 8. The summed E-state index contributed by atoms with van der Waals surface area (Å²) >= 11 is 1.95. The van der Waals surface area contributed by atoms with Gasteiger partial charge in [-0.15, -0.1) is 10.2 Å². The number of ether oxygens (including phenoxy) is 1. The van der Waals surface area contributed by atoms with Gasteiger partial charge in [-0.1, -0.05) is 31.0 Å². The maximum Gasteiger partial charge on any atom is 0.191 e. The summed E-state index contributed by atoms with van der Waals surface area (Å²) in [5, 5.41) is 10.6. The second-order valence-electron chi connectivity index (χ2n) is 10.1. The smallest absolute Gasteiger partial charge is 0.191 e. The van der Waals surface area contributed by atoms with Crippen molar-refractivity contribution in [3.8, 4) is 0 Å². The maximum absolute atomic E-state index is 6.01. The van der Waals surface area contributed by atoms with Crippen molar-refractivity contribution in [1.29, 1.82) is 0 Å². The van der Waals surface area contributed by atoms with Gasteiger partial charge in [-0.2, -0.15) is 0 Å². The van der Waals surface area contributed by atoms with Crippen molar-refractivity contribution in [2.45, 2.75) is 88.1 Å². The lowest BCUT2D eigenvalue weighted by Crippen LogP contribution is -2.34. The van der Waals surface area contributed by atoms with Crippen molar-refractivity contribution in [3.05, 3.63) is 29.8 Å². The van der Waals surface area contributed by atoms with Crippen LogP contribution in [0.2, 0.25) is 0 Å². The minimum absolute atomic E-state index is 0.330. The van der Waals surface area contributed by atoms with E-state index in [1.165, 1.54) is 75.1 Å². The third-order valence-corrected chi connectivity index (χ3v) is 8.92. The Bertz CT molecular complexity index is 844. The Morgan fingerprint density at radius 1 is 1.03 bits per heavy atom. The van der Waals surface area contributed by atoms with E-state index in [2.05, 4.69) is 39.4 Å². The van der Waals surface area contributed by atoms with Crippen molar-refractivity contribution < 1.29 is 4.74 Å². The zero-order valence-electron chi connectivity index (χ0n) is 19.6. The Kier molecular flexibility index (Phi) is 7.55. The predicted molar refractivity (Wildman–Crippen MR) is 129 cm³/mol. The highest BCUT2D eigenvalue weighted by Crippen LogP contribution is 2.33. The normalized spacial score (nSPS) is 23.8. The number of hydrogen-bond acceptors (Lipinski definition) is 5. The first-order chi connectivity index (χ1) is 15.8. The Morgan fingerprint density at radius 3 is 2.59 bits per heavy atom. The summed E-state index contributed by atoms with van der Waals surface area (Å²) in [6.07, 6.45) is 14.2. The molecule has 1 saturated carbocycles. The van der Waals surface area contributed by atoms with Gasteiger partial charge in [0.05, 0.1) is 12.6 Å². The summed E-state index contributed by atoms with van der Waals surface area (Å²) in [6, 6.07) is 4.38. The van der Waals surface area contributed by atoms with Gasteiger partial charge in [0.25, 0.3) is 0 Å². The number of piperidine rings is 1. The SMILES string of the molecule is Cn1cccc1CN1CCC(c2nnc(SCC3CCCCC3)n2C[C@@H]2CCCO2)CC1. The monoisotopic (exact) mass is 457 g/mol. The van der Waals surface area contributed by atoms with Crippen LogP contribution in [0.5, 0.6) is 0 Å². The summed E-state index contributed by atoms with van der Waals surface area (Å²) in [4.78, 5) is 2.59. The third kappa shape index (κ3) is 5.42. The standard InChI is InChI=1S/C25H39N5OS/c1-28-13-5-9-22(28)17-29-14-11-21(12-15-29)24-26-27-25(30(24)18-23-10-6-16-31-23)32-19-20-7-3-2-4-8-20/h5,9,13,20-21,23H,2-4,6-8,10-12,14-19H2,1H3/t23-/m0/s1. The highest BCUT2D eigenvalue weighted by atomic mass is 32.2. The average Bonchev–Trinajstić information content (AvgIpc) is 3.57. The molecule has 2 aliphatic heterocycles. The Morgan fingerprint density at radius 2 is 1.88 bits per heavy atom. The Hall–Kier alpha value is -1.31. The number of hydrogen-bond donors (Lipinski definition) is 0. The molecule has 1 atom stereocenters. The van der Waals surface area contributed by atoms with Gasteiger partial charge in [-0.3, -0.25) is 4.90 Å². The van der Waals surface area contributed by atoms with Gasteiger partial charge in [-0.05, 0) is 69.7 Å². The van der Waals surface area contributed by atoms with Crippen LogP contribution in [0.4, 0.5) is 0 Å². The van der Waals surface area contributed by atoms with E-state index in [0.717, 1.165) is 43.9 Å². The first kappa shape index (κ1) is 22.5. The van der Waals surface area contributed by atoms with Crippen LogP contribution < -0.4 is 0 Å². The van der Waals surface area contributed by atoms with Crippen molar-refractivity contribution in [3.63, 3.8) is 0 Å². The Balaban J connectivity index is 1.24. The fraction of sp³-hybridized carbons (Fsp3) is 0.760. The summed E-state index contributed by atoms with van der Waals surface area (Å²) in [5.74, 6) is 3.77.